The van der Waals surface area contributed by atoms with E-state index in [4.69, 9.17) is 9.72 Å². The largest absolute Gasteiger partial charge is 0.381 e. The van der Waals surface area contributed by atoms with Crippen molar-refractivity contribution in [2.45, 2.75) is 51.4 Å². The number of ether oxygens (including phenoxy) is 1. The van der Waals surface area contributed by atoms with Crippen LogP contribution in [0, 0.1) is 24.0 Å². The molecule has 2 fully saturated rings. The summed E-state index contributed by atoms with van der Waals surface area (Å²) in [4.78, 5) is 48.5. The van der Waals surface area contributed by atoms with Gasteiger partial charge < -0.3 is 15.0 Å². The fourth-order valence-corrected chi connectivity index (χ4v) is 9.00. The molecule has 2 amide bonds. The third-order valence-electron chi connectivity index (χ3n) is 11.0. The van der Waals surface area contributed by atoms with Crippen LogP contribution in [0.5, 0.6) is 0 Å². The summed E-state index contributed by atoms with van der Waals surface area (Å²) in [5.74, 6) is -1.99. The first-order valence-electron chi connectivity index (χ1n) is 18.3. The van der Waals surface area contributed by atoms with Gasteiger partial charge in [0.1, 0.15) is 11.6 Å². The van der Waals surface area contributed by atoms with Crippen LogP contribution in [-0.2, 0) is 11.2 Å². The van der Waals surface area contributed by atoms with Crippen molar-refractivity contribution in [3.05, 3.63) is 146 Å². The fraction of sp³-hybridized carbons (Fsp3) is 0.273. The lowest BCUT2D eigenvalue weighted by Crippen LogP contribution is -2.41. The Morgan fingerprint density at radius 1 is 0.944 bits per heavy atom. The number of Topliss-reactive ketones (excluding diaryl/α,β-unsaturated/α-hetero) is 1. The maximum atomic E-state index is 14.2. The van der Waals surface area contributed by atoms with Gasteiger partial charge in [0.2, 0.25) is 0 Å². The number of amides is 2. The SMILES string of the molecule is Cc1cnc(C2CC3(CCOCC3)C2)c(C(=O)Nc2ccc(C(=O)N3CCC(c4ccc(C(=O)Cc5c(F)cccc5F)s4)=Cc4ccccc43)cc2)c1. The summed E-state index contributed by atoms with van der Waals surface area (Å²) >= 11 is 1.28. The van der Waals surface area contributed by atoms with Crippen molar-refractivity contribution in [3.63, 3.8) is 0 Å². The first-order chi connectivity index (χ1) is 26.2. The Morgan fingerprint density at radius 2 is 1.69 bits per heavy atom. The van der Waals surface area contributed by atoms with Gasteiger partial charge in [0.15, 0.2) is 5.78 Å². The number of halogens is 2. The molecule has 1 saturated heterocycles. The summed E-state index contributed by atoms with van der Waals surface area (Å²) in [6, 6.07) is 23.6. The monoisotopic (exact) mass is 743 g/mol. The van der Waals surface area contributed by atoms with Crippen LogP contribution in [0.25, 0.3) is 11.6 Å². The van der Waals surface area contributed by atoms with E-state index in [1.165, 1.54) is 17.4 Å². The number of hydrogen-bond donors (Lipinski definition) is 1. The molecule has 10 heteroatoms. The zero-order valence-corrected chi connectivity index (χ0v) is 30.7. The molecule has 4 heterocycles. The average Bonchev–Trinajstić information content (AvgIpc) is 3.58. The Bertz CT molecular complexity index is 2270. The zero-order valence-electron chi connectivity index (χ0n) is 29.9. The second-order valence-corrected chi connectivity index (χ2v) is 15.7. The standard InChI is InChI=1S/C44H39F2N3O4S/c1-27-21-34(41(47-26-27)31-24-44(25-31)16-19-53-20-17-44)42(51)48-32-11-9-28(10-12-32)43(52)49-18-15-30(22-29-5-2-3-8-37(29)49)39-13-14-40(54-39)38(50)23-33-35(45)6-4-7-36(33)46/h2-14,21-22,26,31H,15-20,23-25H2,1H3,(H,48,51). The molecule has 1 saturated carbocycles. The Morgan fingerprint density at radius 3 is 2.44 bits per heavy atom. The van der Waals surface area contributed by atoms with Crippen molar-refractivity contribution in [2.75, 3.05) is 30.0 Å². The lowest BCUT2D eigenvalue weighted by Gasteiger charge is -2.50. The summed E-state index contributed by atoms with van der Waals surface area (Å²) in [5, 5.41) is 3.03. The lowest BCUT2D eigenvalue weighted by atomic mass is 9.57. The number of hydrogen-bond acceptors (Lipinski definition) is 6. The Labute approximate surface area is 316 Å². The Hall–Kier alpha value is -5.32. The second-order valence-electron chi connectivity index (χ2n) is 14.6. The minimum Gasteiger partial charge on any atom is -0.381 e. The third kappa shape index (κ3) is 7.15. The van der Waals surface area contributed by atoms with Gasteiger partial charge in [0, 0.05) is 60.0 Å². The molecule has 274 valence electrons. The Balaban J connectivity index is 0.949. The topological polar surface area (TPSA) is 88.6 Å². The van der Waals surface area contributed by atoms with E-state index >= 15 is 0 Å². The van der Waals surface area contributed by atoms with Crippen molar-refractivity contribution < 1.29 is 27.9 Å². The number of aryl methyl sites for hydroxylation is 1. The molecule has 0 bridgehead atoms. The highest BCUT2D eigenvalue weighted by Crippen LogP contribution is 2.56. The van der Waals surface area contributed by atoms with Gasteiger partial charge in [-0.15, -0.1) is 11.3 Å². The van der Waals surface area contributed by atoms with E-state index < -0.39 is 11.6 Å². The van der Waals surface area contributed by atoms with E-state index in [1.807, 2.05) is 55.6 Å². The summed E-state index contributed by atoms with van der Waals surface area (Å²) in [6.45, 7) is 3.92. The normalized spacial score (nSPS) is 16.6. The summed E-state index contributed by atoms with van der Waals surface area (Å²) < 4.78 is 34.0. The summed E-state index contributed by atoms with van der Waals surface area (Å²) in [7, 11) is 0. The molecule has 2 aliphatic heterocycles. The molecule has 0 atom stereocenters. The number of fused-ring (bicyclic) bond motifs is 1. The predicted octanol–water partition coefficient (Wildman–Crippen LogP) is 9.67. The second kappa shape index (κ2) is 14.8. The molecule has 1 spiro atoms. The van der Waals surface area contributed by atoms with Crippen LogP contribution >= 0.6 is 11.3 Å². The average molecular weight is 744 g/mol. The molecule has 2 aromatic heterocycles. The number of aromatic nitrogens is 1. The number of pyridine rings is 1. The number of carbonyl (C=O) groups is 3. The molecule has 54 heavy (non-hydrogen) atoms. The number of nitrogens with zero attached hydrogens (tertiary/aromatic N) is 2. The van der Waals surface area contributed by atoms with Crippen LogP contribution in [0.2, 0.25) is 0 Å². The molecule has 3 aromatic carbocycles. The van der Waals surface area contributed by atoms with Crippen LogP contribution in [0.4, 0.5) is 20.2 Å². The molecule has 5 aromatic rings. The van der Waals surface area contributed by atoms with Crippen molar-refractivity contribution in [1.82, 2.24) is 4.98 Å². The molecular weight excluding hydrogens is 705 g/mol. The van der Waals surface area contributed by atoms with Gasteiger partial charge in [-0.05, 0) is 128 Å². The number of anilines is 2. The van der Waals surface area contributed by atoms with Crippen LogP contribution in [-0.4, -0.2) is 42.3 Å². The van der Waals surface area contributed by atoms with Crippen LogP contribution < -0.4 is 10.2 Å². The first-order valence-corrected chi connectivity index (χ1v) is 19.1. The summed E-state index contributed by atoms with van der Waals surface area (Å²) in [5.41, 5.74) is 6.05. The number of carbonyl (C=O) groups excluding carboxylic acids is 3. The number of nitrogens with one attached hydrogen (secondary N) is 1. The van der Waals surface area contributed by atoms with Crippen molar-refractivity contribution in [2.24, 2.45) is 5.41 Å². The minimum atomic E-state index is -0.742. The van der Waals surface area contributed by atoms with Crippen molar-refractivity contribution in [1.29, 1.82) is 0 Å². The van der Waals surface area contributed by atoms with Gasteiger partial charge in [0.25, 0.3) is 11.8 Å². The van der Waals surface area contributed by atoms with Crippen LogP contribution in [0.3, 0.4) is 0 Å². The highest BCUT2D eigenvalue weighted by molar-refractivity contribution is 7.15. The third-order valence-corrected chi connectivity index (χ3v) is 12.2. The molecule has 0 unspecified atom stereocenters. The number of ketones is 1. The molecule has 3 aliphatic rings. The van der Waals surface area contributed by atoms with E-state index in [0.717, 1.165) is 84.0 Å². The first kappa shape index (κ1) is 35.7. The maximum absolute atomic E-state index is 14.2. The van der Waals surface area contributed by atoms with Gasteiger partial charge in [0.05, 0.1) is 21.8 Å². The number of thiophene rings is 1. The van der Waals surface area contributed by atoms with E-state index in [-0.39, 0.29) is 35.5 Å². The lowest BCUT2D eigenvalue weighted by molar-refractivity contribution is -0.0405. The van der Waals surface area contributed by atoms with E-state index in [9.17, 15) is 23.2 Å². The molecular formula is C44H39F2N3O4S. The van der Waals surface area contributed by atoms with Gasteiger partial charge in [-0.2, -0.15) is 0 Å². The summed E-state index contributed by atoms with van der Waals surface area (Å²) in [6.07, 6.45) is 8.17. The highest BCUT2D eigenvalue weighted by Gasteiger charge is 2.46. The van der Waals surface area contributed by atoms with E-state index in [0.29, 0.717) is 40.1 Å². The van der Waals surface area contributed by atoms with Crippen LogP contribution in [0.1, 0.15) is 95.7 Å². The molecule has 1 N–H and O–H groups in total. The van der Waals surface area contributed by atoms with Crippen molar-refractivity contribution in [3.8, 4) is 0 Å². The molecule has 1 aliphatic carbocycles. The van der Waals surface area contributed by atoms with E-state index in [1.54, 1.807) is 35.2 Å². The zero-order chi connectivity index (χ0) is 37.4. The van der Waals surface area contributed by atoms with Gasteiger partial charge >= 0.3 is 0 Å². The fourth-order valence-electron chi connectivity index (χ4n) is 8.01. The molecule has 8 rings (SSSR count). The van der Waals surface area contributed by atoms with E-state index in [2.05, 4.69) is 5.32 Å². The predicted molar refractivity (Wildman–Crippen MR) is 207 cm³/mol. The number of benzene rings is 3. The molecule has 7 nitrogen and oxygen atoms in total. The van der Waals surface area contributed by atoms with Crippen molar-refractivity contribution >= 4 is 52.0 Å². The van der Waals surface area contributed by atoms with Crippen LogP contribution in [0.15, 0.2) is 91.1 Å². The van der Waals surface area contributed by atoms with Gasteiger partial charge in [-0.3, -0.25) is 19.4 Å². The highest BCUT2D eigenvalue weighted by atomic mass is 32.1. The molecule has 0 radical (unpaired) electrons. The van der Waals surface area contributed by atoms with Gasteiger partial charge in [-0.25, -0.2) is 8.78 Å². The quantitative estimate of drug-likeness (QED) is 0.160. The number of rotatable bonds is 8. The van der Waals surface area contributed by atoms with Gasteiger partial charge in [-0.1, -0.05) is 24.3 Å². The minimum absolute atomic E-state index is 0.180. The number of para-hydroxylation sites is 1. The smallest absolute Gasteiger partial charge is 0.258 e. The Kier molecular flexibility index (Phi) is 9.81. The maximum Gasteiger partial charge on any atom is 0.258 e.